The molecule has 0 saturated carbocycles. The summed E-state index contributed by atoms with van der Waals surface area (Å²) in [6.07, 6.45) is 8.42. The van der Waals surface area contributed by atoms with Crippen molar-refractivity contribution in [3.63, 3.8) is 0 Å². The van der Waals surface area contributed by atoms with E-state index in [2.05, 4.69) is 26.2 Å². The third-order valence-electron chi connectivity index (χ3n) is 1.26. The molecule has 0 aliphatic carbocycles. The Kier molecular flexibility index (Phi) is 4.55. The minimum absolute atomic E-state index is 0.176. The van der Waals surface area contributed by atoms with Crippen LogP contribution in [0, 0.1) is 0 Å². The predicted octanol–water partition coefficient (Wildman–Crippen LogP) is 2.98. The van der Waals surface area contributed by atoms with Gasteiger partial charge in [0.05, 0.1) is 9.98 Å². The van der Waals surface area contributed by atoms with Crippen LogP contribution in [0.15, 0.2) is 34.3 Å². The Morgan fingerprint density at radius 2 is 2.43 bits per heavy atom. The van der Waals surface area contributed by atoms with E-state index in [1.807, 2.05) is 13.0 Å². The predicted molar refractivity (Wildman–Crippen MR) is 62.4 cm³/mol. The van der Waals surface area contributed by atoms with Crippen molar-refractivity contribution >= 4 is 38.3 Å². The Labute approximate surface area is 94.7 Å². The molecule has 1 N–H and O–H groups in total. The molecule has 0 spiro atoms. The highest BCUT2D eigenvalue weighted by Crippen LogP contribution is 2.22. The van der Waals surface area contributed by atoms with E-state index in [0.29, 0.717) is 5.13 Å². The molecule has 0 radical (unpaired) electrons. The number of carbonyl (C=O) groups excluding carboxylic acids is 1. The Morgan fingerprint density at radius 3 is 3.00 bits per heavy atom. The first-order valence-electron chi connectivity index (χ1n) is 3.94. The molecular weight excluding hydrogens is 264 g/mol. The number of carbonyl (C=O) groups is 1. The molecule has 0 atom stereocenters. The zero-order valence-electron chi connectivity index (χ0n) is 7.53. The summed E-state index contributed by atoms with van der Waals surface area (Å²) in [4.78, 5) is 15.2. The molecule has 1 amide bonds. The summed E-state index contributed by atoms with van der Waals surface area (Å²) >= 11 is 4.64. The van der Waals surface area contributed by atoms with Gasteiger partial charge in [-0.25, -0.2) is 4.98 Å². The quantitative estimate of drug-likeness (QED) is 0.679. The highest BCUT2D eigenvalue weighted by molar-refractivity contribution is 9.11. The van der Waals surface area contributed by atoms with Crippen molar-refractivity contribution in [2.45, 2.75) is 6.92 Å². The Bertz CT molecular complexity index is 371. The third kappa shape index (κ3) is 3.85. The summed E-state index contributed by atoms with van der Waals surface area (Å²) in [7, 11) is 0. The molecule has 0 aromatic carbocycles. The Morgan fingerprint density at radius 1 is 1.64 bits per heavy atom. The van der Waals surface area contributed by atoms with Gasteiger partial charge in [-0.2, -0.15) is 0 Å². The number of rotatable bonds is 3. The average molecular weight is 273 g/mol. The topological polar surface area (TPSA) is 42.0 Å². The van der Waals surface area contributed by atoms with Gasteiger partial charge in [-0.15, -0.1) is 0 Å². The highest BCUT2D eigenvalue weighted by atomic mass is 79.9. The fourth-order valence-corrected chi connectivity index (χ4v) is 1.82. The van der Waals surface area contributed by atoms with E-state index < -0.39 is 0 Å². The minimum atomic E-state index is -0.176. The molecule has 0 saturated heterocycles. The van der Waals surface area contributed by atoms with E-state index in [1.54, 1.807) is 18.3 Å². The number of amides is 1. The van der Waals surface area contributed by atoms with E-state index in [1.165, 1.54) is 17.4 Å². The van der Waals surface area contributed by atoms with E-state index in [0.717, 1.165) is 3.79 Å². The van der Waals surface area contributed by atoms with Gasteiger partial charge in [0.2, 0.25) is 5.91 Å². The van der Waals surface area contributed by atoms with Gasteiger partial charge in [-0.05, 0) is 22.9 Å². The summed E-state index contributed by atoms with van der Waals surface area (Å²) < 4.78 is 0.894. The summed E-state index contributed by atoms with van der Waals surface area (Å²) in [6.45, 7) is 1.89. The number of hydrogen-bond acceptors (Lipinski definition) is 3. The molecule has 0 fully saturated rings. The second kappa shape index (κ2) is 5.72. The zero-order chi connectivity index (χ0) is 10.4. The number of hydrogen-bond donors (Lipinski definition) is 1. The van der Waals surface area contributed by atoms with Crippen LogP contribution in [0.5, 0.6) is 0 Å². The maximum absolute atomic E-state index is 11.2. The van der Waals surface area contributed by atoms with E-state index in [9.17, 15) is 4.79 Å². The van der Waals surface area contributed by atoms with Crippen molar-refractivity contribution in [3.05, 3.63) is 34.3 Å². The summed E-state index contributed by atoms with van der Waals surface area (Å²) in [5, 5.41) is 3.23. The molecule has 1 heterocycles. The number of halogens is 1. The van der Waals surface area contributed by atoms with Crippen LogP contribution >= 0.6 is 27.3 Å². The largest absolute Gasteiger partial charge is 0.298 e. The van der Waals surface area contributed by atoms with E-state index in [4.69, 9.17) is 0 Å². The van der Waals surface area contributed by atoms with Crippen LogP contribution in [0.25, 0.3) is 0 Å². The van der Waals surface area contributed by atoms with Crippen LogP contribution in [-0.4, -0.2) is 10.9 Å². The molecule has 74 valence electrons. The number of aromatic nitrogens is 1. The lowest BCUT2D eigenvalue weighted by atomic mass is 10.4. The normalized spacial score (nSPS) is 11.3. The van der Waals surface area contributed by atoms with Gasteiger partial charge in [0.1, 0.15) is 0 Å². The van der Waals surface area contributed by atoms with Gasteiger partial charge in [0, 0.05) is 6.08 Å². The smallest absolute Gasteiger partial charge is 0.250 e. The lowest BCUT2D eigenvalue weighted by Crippen LogP contribution is -2.06. The fraction of sp³-hybridized carbons (Fsp3) is 0.111. The van der Waals surface area contributed by atoms with E-state index in [-0.39, 0.29) is 5.91 Å². The zero-order valence-corrected chi connectivity index (χ0v) is 9.93. The van der Waals surface area contributed by atoms with Crippen LogP contribution in [0.4, 0.5) is 5.13 Å². The van der Waals surface area contributed by atoms with E-state index >= 15 is 0 Å². The van der Waals surface area contributed by atoms with Crippen LogP contribution in [0.2, 0.25) is 0 Å². The first kappa shape index (κ1) is 11.1. The molecule has 1 aromatic rings. The lowest BCUT2D eigenvalue weighted by Gasteiger charge is -1.93. The second-order valence-corrected chi connectivity index (χ2v) is 4.75. The van der Waals surface area contributed by atoms with Gasteiger partial charge < -0.3 is 0 Å². The fourth-order valence-electron chi connectivity index (χ4n) is 0.713. The molecule has 0 aliphatic rings. The van der Waals surface area contributed by atoms with Crippen LogP contribution in [-0.2, 0) is 4.79 Å². The number of nitrogens with zero attached hydrogens (tertiary/aromatic N) is 1. The lowest BCUT2D eigenvalue weighted by molar-refractivity contribution is -0.111. The SMILES string of the molecule is C/C=C/C=C/C(=O)Nc1ncc(Br)s1. The minimum Gasteiger partial charge on any atom is -0.298 e. The Balaban J connectivity index is 2.49. The molecule has 5 heteroatoms. The second-order valence-electron chi connectivity index (χ2n) is 2.34. The maximum atomic E-state index is 11.2. The molecule has 14 heavy (non-hydrogen) atoms. The van der Waals surface area contributed by atoms with Crippen molar-refractivity contribution in [1.82, 2.24) is 4.98 Å². The number of allylic oxidation sites excluding steroid dienone is 3. The number of nitrogens with one attached hydrogen (secondary N) is 1. The third-order valence-corrected chi connectivity index (χ3v) is 2.65. The summed E-state index contributed by atoms with van der Waals surface area (Å²) in [6, 6.07) is 0. The van der Waals surface area contributed by atoms with Gasteiger partial charge in [-0.1, -0.05) is 29.6 Å². The van der Waals surface area contributed by atoms with Gasteiger partial charge in [0.15, 0.2) is 5.13 Å². The van der Waals surface area contributed by atoms with Crippen LogP contribution in [0.3, 0.4) is 0 Å². The highest BCUT2D eigenvalue weighted by Gasteiger charge is 2.01. The molecule has 3 nitrogen and oxygen atoms in total. The summed E-state index contributed by atoms with van der Waals surface area (Å²) in [5.41, 5.74) is 0. The molecular formula is C9H9BrN2OS. The average Bonchev–Trinajstić information content (AvgIpc) is 2.52. The first-order chi connectivity index (χ1) is 6.72. The van der Waals surface area contributed by atoms with Crippen molar-refractivity contribution in [1.29, 1.82) is 0 Å². The molecule has 0 bridgehead atoms. The molecule has 1 aromatic heterocycles. The van der Waals surface area contributed by atoms with Gasteiger partial charge >= 0.3 is 0 Å². The van der Waals surface area contributed by atoms with Gasteiger partial charge in [-0.3, -0.25) is 10.1 Å². The van der Waals surface area contributed by atoms with Crippen molar-refractivity contribution in [2.75, 3.05) is 5.32 Å². The number of anilines is 1. The van der Waals surface area contributed by atoms with Crippen LogP contribution < -0.4 is 5.32 Å². The van der Waals surface area contributed by atoms with Crippen LogP contribution in [0.1, 0.15) is 6.92 Å². The molecule has 1 rings (SSSR count). The number of thiazole rings is 1. The molecule has 0 aliphatic heterocycles. The summed E-state index contributed by atoms with van der Waals surface area (Å²) in [5.74, 6) is -0.176. The van der Waals surface area contributed by atoms with Crippen molar-refractivity contribution in [3.8, 4) is 0 Å². The van der Waals surface area contributed by atoms with Crippen molar-refractivity contribution < 1.29 is 4.79 Å². The molecule has 0 unspecified atom stereocenters. The van der Waals surface area contributed by atoms with Crippen molar-refractivity contribution in [2.24, 2.45) is 0 Å². The standard InChI is InChI=1S/C9H9BrN2OS/c1-2-3-4-5-8(13)12-9-11-6-7(10)14-9/h2-6H,1H3,(H,11,12,13)/b3-2+,5-4+. The maximum Gasteiger partial charge on any atom is 0.250 e. The van der Waals surface area contributed by atoms with Gasteiger partial charge in [0.25, 0.3) is 0 Å². The Hall–Kier alpha value is -0.940. The first-order valence-corrected chi connectivity index (χ1v) is 5.55. The monoisotopic (exact) mass is 272 g/mol.